The fourth-order valence-corrected chi connectivity index (χ4v) is 9.75. The lowest BCUT2D eigenvalue weighted by atomic mass is 10.0. The molecule has 0 rings (SSSR count). The highest BCUT2D eigenvalue weighted by molar-refractivity contribution is 5.76. The van der Waals surface area contributed by atoms with Crippen molar-refractivity contribution in [1.82, 2.24) is 5.32 Å². The zero-order valence-corrected chi connectivity index (χ0v) is 46.6. The minimum Gasteiger partial charge on any atom is -0.466 e. The molecule has 0 aliphatic carbocycles. The van der Waals surface area contributed by atoms with Crippen molar-refractivity contribution in [2.75, 3.05) is 13.2 Å². The fraction of sp³-hybridized carbons (Fsp3) is 0.905. The molecule has 0 saturated carbocycles. The minimum atomic E-state index is -0.672. The molecule has 0 aromatic rings. The van der Waals surface area contributed by atoms with Gasteiger partial charge < -0.3 is 20.3 Å². The fourth-order valence-electron chi connectivity index (χ4n) is 9.75. The summed E-state index contributed by atoms with van der Waals surface area (Å²) in [7, 11) is 0. The Labute approximate surface area is 431 Å². The van der Waals surface area contributed by atoms with Crippen LogP contribution in [0, 0.1) is 0 Å². The van der Waals surface area contributed by atoms with E-state index in [1.807, 2.05) is 0 Å². The molecular weight excluding hydrogens is 851 g/mol. The number of carbonyl (C=O) groups excluding carboxylic acids is 2. The number of allylic oxidation sites excluding steroid dienone is 4. The summed E-state index contributed by atoms with van der Waals surface area (Å²) in [6, 6.07) is -0.550. The summed E-state index contributed by atoms with van der Waals surface area (Å²) in [5.74, 6) is -0.0544. The van der Waals surface area contributed by atoms with Crippen molar-refractivity contribution in [2.24, 2.45) is 0 Å². The van der Waals surface area contributed by atoms with E-state index in [1.165, 1.54) is 238 Å². The average molecular weight is 973 g/mol. The summed E-state index contributed by atoms with van der Waals surface area (Å²) in [5.41, 5.74) is 0. The number of rotatable bonds is 58. The number of aliphatic hydroxyl groups is 2. The topological polar surface area (TPSA) is 95.9 Å². The monoisotopic (exact) mass is 972 g/mol. The van der Waals surface area contributed by atoms with Crippen molar-refractivity contribution in [3.05, 3.63) is 24.3 Å². The lowest BCUT2D eigenvalue weighted by Gasteiger charge is -2.22. The Morgan fingerprint density at radius 1 is 0.406 bits per heavy atom. The summed E-state index contributed by atoms with van der Waals surface area (Å²) in [5, 5.41) is 23.4. The first-order chi connectivity index (χ1) is 34.0. The lowest BCUT2D eigenvalue weighted by Crippen LogP contribution is -2.45. The van der Waals surface area contributed by atoms with E-state index in [2.05, 4.69) is 43.5 Å². The van der Waals surface area contributed by atoms with E-state index in [-0.39, 0.29) is 18.5 Å². The molecule has 69 heavy (non-hydrogen) atoms. The SMILES string of the molecule is CCCCCCCCCCCCCCCCCCCCCCCCC(O)C(CO)NC(=O)CCCCCCCCCCCC/C=C\C=C/CCCCCOC(=O)CCCCCCCCCCCCC. The van der Waals surface area contributed by atoms with Crippen molar-refractivity contribution >= 4 is 11.9 Å². The minimum absolute atomic E-state index is 0.0130. The van der Waals surface area contributed by atoms with E-state index in [0.29, 0.717) is 25.9 Å². The van der Waals surface area contributed by atoms with E-state index in [9.17, 15) is 19.8 Å². The third kappa shape index (κ3) is 55.5. The maximum atomic E-state index is 12.5. The highest BCUT2D eigenvalue weighted by Gasteiger charge is 2.20. The summed E-state index contributed by atoms with van der Waals surface area (Å²) in [6.45, 7) is 4.93. The Balaban J connectivity index is 3.47. The number of carbonyl (C=O) groups is 2. The molecule has 0 radical (unpaired) electrons. The molecule has 0 saturated heterocycles. The molecule has 2 atom stereocenters. The molecule has 3 N–H and O–H groups in total. The predicted octanol–water partition coefficient (Wildman–Crippen LogP) is 19.4. The van der Waals surface area contributed by atoms with Crippen molar-refractivity contribution in [3.63, 3.8) is 0 Å². The second kappa shape index (κ2) is 58.9. The average Bonchev–Trinajstić information content (AvgIpc) is 3.35. The smallest absolute Gasteiger partial charge is 0.305 e. The normalized spacial score (nSPS) is 12.7. The van der Waals surface area contributed by atoms with Crippen LogP contribution in [0.3, 0.4) is 0 Å². The summed E-state index contributed by atoms with van der Waals surface area (Å²) >= 11 is 0. The maximum Gasteiger partial charge on any atom is 0.305 e. The highest BCUT2D eigenvalue weighted by atomic mass is 16.5. The van der Waals surface area contributed by atoms with E-state index < -0.39 is 12.1 Å². The van der Waals surface area contributed by atoms with Crippen LogP contribution in [0.1, 0.15) is 341 Å². The molecular formula is C63H121NO5. The highest BCUT2D eigenvalue weighted by Crippen LogP contribution is 2.18. The van der Waals surface area contributed by atoms with Gasteiger partial charge in [-0.3, -0.25) is 9.59 Å². The first-order valence-electron chi connectivity index (χ1n) is 31.1. The van der Waals surface area contributed by atoms with Gasteiger partial charge in [0, 0.05) is 12.8 Å². The van der Waals surface area contributed by atoms with Crippen molar-refractivity contribution in [1.29, 1.82) is 0 Å². The van der Waals surface area contributed by atoms with Gasteiger partial charge in [-0.2, -0.15) is 0 Å². The number of aliphatic hydroxyl groups excluding tert-OH is 2. The molecule has 0 heterocycles. The predicted molar refractivity (Wildman–Crippen MR) is 301 cm³/mol. The van der Waals surface area contributed by atoms with E-state index in [0.717, 1.165) is 70.6 Å². The van der Waals surface area contributed by atoms with Crippen LogP contribution < -0.4 is 5.32 Å². The van der Waals surface area contributed by atoms with Gasteiger partial charge in [0.05, 0.1) is 25.4 Å². The molecule has 1 amide bonds. The van der Waals surface area contributed by atoms with Crippen LogP contribution >= 0.6 is 0 Å². The quantitative estimate of drug-likeness (QED) is 0.0321. The number of unbranched alkanes of at least 4 members (excludes halogenated alkanes) is 44. The first kappa shape index (κ1) is 67.3. The van der Waals surface area contributed by atoms with Crippen LogP contribution in [0.25, 0.3) is 0 Å². The van der Waals surface area contributed by atoms with Gasteiger partial charge in [0.2, 0.25) is 5.91 Å². The summed E-state index contributed by atoms with van der Waals surface area (Å²) in [6.07, 6.45) is 71.9. The molecule has 0 bridgehead atoms. The van der Waals surface area contributed by atoms with Crippen LogP contribution in [0.2, 0.25) is 0 Å². The van der Waals surface area contributed by atoms with Crippen LogP contribution in [-0.4, -0.2) is 47.4 Å². The molecule has 6 heteroatoms. The summed E-state index contributed by atoms with van der Waals surface area (Å²) in [4.78, 5) is 24.5. The number of ether oxygens (including phenoxy) is 1. The Morgan fingerprint density at radius 2 is 0.710 bits per heavy atom. The van der Waals surface area contributed by atoms with E-state index in [4.69, 9.17) is 4.74 Å². The van der Waals surface area contributed by atoms with Crippen molar-refractivity contribution in [3.8, 4) is 0 Å². The number of hydrogen-bond donors (Lipinski definition) is 3. The van der Waals surface area contributed by atoms with Gasteiger partial charge in [0.15, 0.2) is 0 Å². The Bertz CT molecular complexity index is 1080. The lowest BCUT2D eigenvalue weighted by molar-refractivity contribution is -0.143. The van der Waals surface area contributed by atoms with Crippen molar-refractivity contribution < 1.29 is 24.5 Å². The van der Waals surface area contributed by atoms with Crippen molar-refractivity contribution in [2.45, 2.75) is 353 Å². The second-order valence-corrected chi connectivity index (χ2v) is 21.4. The van der Waals surface area contributed by atoms with Gasteiger partial charge in [-0.25, -0.2) is 0 Å². The second-order valence-electron chi connectivity index (χ2n) is 21.4. The molecule has 0 spiro atoms. The zero-order chi connectivity index (χ0) is 50.0. The van der Waals surface area contributed by atoms with Gasteiger partial charge >= 0.3 is 5.97 Å². The number of nitrogens with one attached hydrogen (secondary N) is 1. The Kier molecular flexibility index (Phi) is 57.5. The van der Waals surface area contributed by atoms with Gasteiger partial charge in [-0.05, 0) is 57.8 Å². The molecule has 2 unspecified atom stereocenters. The van der Waals surface area contributed by atoms with E-state index >= 15 is 0 Å². The van der Waals surface area contributed by atoms with Gasteiger partial charge in [-0.15, -0.1) is 0 Å². The largest absolute Gasteiger partial charge is 0.466 e. The van der Waals surface area contributed by atoms with Crippen LogP contribution in [0.15, 0.2) is 24.3 Å². The molecule has 0 aliphatic heterocycles. The first-order valence-corrected chi connectivity index (χ1v) is 31.1. The Hall–Kier alpha value is -1.66. The number of hydrogen-bond acceptors (Lipinski definition) is 5. The number of esters is 1. The molecule has 0 aromatic heterocycles. The number of amides is 1. The molecule has 6 nitrogen and oxygen atoms in total. The zero-order valence-electron chi connectivity index (χ0n) is 46.6. The molecule has 0 fully saturated rings. The summed E-state index contributed by atoms with van der Waals surface area (Å²) < 4.78 is 5.44. The molecule has 0 aliphatic rings. The molecule has 408 valence electrons. The third-order valence-electron chi connectivity index (χ3n) is 14.5. The third-order valence-corrected chi connectivity index (χ3v) is 14.5. The van der Waals surface area contributed by atoms with Gasteiger partial charge in [0.25, 0.3) is 0 Å². The Morgan fingerprint density at radius 3 is 1.07 bits per heavy atom. The van der Waals surface area contributed by atoms with E-state index in [1.54, 1.807) is 0 Å². The van der Waals surface area contributed by atoms with Gasteiger partial charge in [-0.1, -0.05) is 295 Å². The maximum absolute atomic E-state index is 12.5. The van der Waals surface area contributed by atoms with Crippen LogP contribution in [0.4, 0.5) is 0 Å². The van der Waals surface area contributed by atoms with Crippen LogP contribution in [0.5, 0.6) is 0 Å². The molecule has 0 aromatic carbocycles. The van der Waals surface area contributed by atoms with Gasteiger partial charge in [0.1, 0.15) is 0 Å². The van der Waals surface area contributed by atoms with Crippen LogP contribution in [-0.2, 0) is 14.3 Å². The standard InChI is InChI=1S/C63H121NO5/c1-3-5-7-9-11-13-15-16-17-18-19-20-21-23-26-29-32-36-39-43-47-51-55-61(66)60(59-65)64-62(67)56-52-48-44-40-37-33-30-27-24-22-25-28-31-34-38-42-46-50-54-58-69-63(68)57-53-49-45-41-35-14-12-10-8-6-4-2/h28,31,34,38,60-61,65-66H,3-27,29-30,32-33,35-37,39-59H2,1-2H3,(H,64,67)/b31-28-,38-34-.